The summed E-state index contributed by atoms with van der Waals surface area (Å²) >= 11 is 1.70. The van der Waals surface area contributed by atoms with E-state index in [1.807, 2.05) is 17.5 Å². The van der Waals surface area contributed by atoms with Crippen molar-refractivity contribution in [3.8, 4) is 0 Å². The van der Waals surface area contributed by atoms with Gasteiger partial charge >= 0.3 is 0 Å². The molecule has 1 aromatic heterocycles. The minimum Gasteiger partial charge on any atom is -0.324 e. The third-order valence-corrected chi connectivity index (χ3v) is 3.51. The Morgan fingerprint density at radius 2 is 2.19 bits per heavy atom. The molecule has 1 unspecified atom stereocenters. The molecule has 84 valence electrons. The van der Waals surface area contributed by atoms with Crippen LogP contribution in [0.2, 0.25) is 0 Å². The summed E-state index contributed by atoms with van der Waals surface area (Å²) in [5.41, 5.74) is 7.73. The third kappa shape index (κ3) is 2.49. The molecule has 2 aromatic rings. The first kappa shape index (κ1) is 11.3. The van der Waals surface area contributed by atoms with E-state index in [1.165, 1.54) is 10.9 Å². The number of benzene rings is 1. The van der Waals surface area contributed by atoms with Gasteiger partial charge in [0.15, 0.2) is 0 Å². The van der Waals surface area contributed by atoms with E-state index in [1.54, 1.807) is 24.3 Å². The molecule has 0 radical (unpaired) electrons. The van der Waals surface area contributed by atoms with E-state index in [-0.39, 0.29) is 11.9 Å². The van der Waals surface area contributed by atoms with Crippen molar-refractivity contribution in [1.29, 1.82) is 0 Å². The van der Waals surface area contributed by atoms with Crippen LogP contribution in [-0.4, -0.2) is 0 Å². The van der Waals surface area contributed by atoms with Crippen LogP contribution in [0.1, 0.15) is 22.0 Å². The first-order valence-corrected chi connectivity index (χ1v) is 6.09. The van der Waals surface area contributed by atoms with Crippen molar-refractivity contribution in [3.63, 3.8) is 0 Å². The summed E-state index contributed by atoms with van der Waals surface area (Å²) < 4.78 is 13.1. The Balaban J connectivity index is 2.14. The van der Waals surface area contributed by atoms with Crippen molar-refractivity contribution < 1.29 is 4.39 Å². The van der Waals surface area contributed by atoms with E-state index in [0.717, 1.165) is 12.0 Å². The van der Waals surface area contributed by atoms with Crippen molar-refractivity contribution in [1.82, 2.24) is 0 Å². The second-order valence-electron chi connectivity index (χ2n) is 3.90. The number of hydrogen-bond acceptors (Lipinski definition) is 2. The van der Waals surface area contributed by atoms with Crippen molar-refractivity contribution in [2.75, 3.05) is 0 Å². The van der Waals surface area contributed by atoms with Crippen LogP contribution < -0.4 is 5.73 Å². The maximum absolute atomic E-state index is 13.1. The molecule has 0 aliphatic carbocycles. The van der Waals surface area contributed by atoms with Crippen molar-refractivity contribution in [2.45, 2.75) is 19.4 Å². The third-order valence-electron chi connectivity index (χ3n) is 2.61. The molecule has 0 spiro atoms. The van der Waals surface area contributed by atoms with Gasteiger partial charge in [0, 0.05) is 17.3 Å². The van der Waals surface area contributed by atoms with Crippen molar-refractivity contribution in [3.05, 3.63) is 57.5 Å². The molecule has 0 saturated heterocycles. The zero-order valence-corrected chi connectivity index (χ0v) is 9.93. The summed E-state index contributed by atoms with van der Waals surface area (Å²) in [6, 6.07) is 9.11. The fraction of sp³-hybridized carbons (Fsp3) is 0.231. The SMILES string of the molecule is Cc1cc(C(N)Cc2cccs2)ccc1F. The van der Waals surface area contributed by atoms with E-state index < -0.39 is 0 Å². The molecule has 2 N–H and O–H groups in total. The average molecular weight is 235 g/mol. The number of halogens is 1. The largest absolute Gasteiger partial charge is 0.324 e. The highest BCUT2D eigenvalue weighted by atomic mass is 32.1. The van der Waals surface area contributed by atoms with E-state index in [9.17, 15) is 4.39 Å². The highest BCUT2D eigenvalue weighted by Crippen LogP contribution is 2.21. The average Bonchev–Trinajstić information content (AvgIpc) is 2.74. The summed E-state index contributed by atoms with van der Waals surface area (Å²) in [5, 5.41) is 2.04. The Hall–Kier alpha value is -1.19. The monoisotopic (exact) mass is 235 g/mol. The second kappa shape index (κ2) is 4.76. The first-order chi connectivity index (χ1) is 7.66. The first-order valence-electron chi connectivity index (χ1n) is 5.21. The van der Waals surface area contributed by atoms with Gasteiger partial charge in [0.05, 0.1) is 0 Å². The fourth-order valence-corrected chi connectivity index (χ4v) is 2.43. The van der Waals surface area contributed by atoms with Crippen molar-refractivity contribution >= 4 is 11.3 Å². The molecule has 0 saturated carbocycles. The highest BCUT2D eigenvalue weighted by Gasteiger charge is 2.09. The van der Waals surface area contributed by atoms with Crippen LogP contribution in [0, 0.1) is 12.7 Å². The molecule has 3 heteroatoms. The number of rotatable bonds is 3. The van der Waals surface area contributed by atoms with E-state index in [4.69, 9.17) is 5.73 Å². The molecular weight excluding hydrogens is 221 g/mol. The molecule has 1 atom stereocenters. The lowest BCUT2D eigenvalue weighted by atomic mass is 10.0. The second-order valence-corrected chi connectivity index (χ2v) is 4.93. The van der Waals surface area contributed by atoms with Crippen LogP contribution in [0.25, 0.3) is 0 Å². The molecule has 0 aliphatic rings. The maximum atomic E-state index is 13.1. The summed E-state index contributed by atoms with van der Waals surface area (Å²) in [6.45, 7) is 1.76. The predicted molar refractivity (Wildman–Crippen MR) is 66.1 cm³/mol. The Morgan fingerprint density at radius 1 is 1.38 bits per heavy atom. The van der Waals surface area contributed by atoms with E-state index in [2.05, 4.69) is 6.07 Å². The molecule has 1 nitrogen and oxygen atoms in total. The van der Waals surface area contributed by atoms with Crippen LogP contribution in [-0.2, 0) is 6.42 Å². The summed E-state index contributed by atoms with van der Waals surface area (Å²) in [6.07, 6.45) is 0.808. The molecule has 1 aromatic carbocycles. The van der Waals surface area contributed by atoms with Gasteiger partial charge in [-0.3, -0.25) is 0 Å². The zero-order valence-electron chi connectivity index (χ0n) is 9.11. The maximum Gasteiger partial charge on any atom is 0.126 e. The summed E-state index contributed by atoms with van der Waals surface area (Å²) in [4.78, 5) is 1.26. The topological polar surface area (TPSA) is 26.0 Å². The molecule has 2 rings (SSSR count). The van der Waals surface area contributed by atoms with Gasteiger partial charge in [-0.25, -0.2) is 4.39 Å². The molecular formula is C13H14FNS. The standard InChI is InChI=1S/C13H14FNS/c1-9-7-10(4-5-12(9)14)13(15)8-11-3-2-6-16-11/h2-7,13H,8,15H2,1H3. The Bertz CT molecular complexity index is 465. The molecule has 1 heterocycles. The zero-order chi connectivity index (χ0) is 11.5. The van der Waals surface area contributed by atoms with Gasteiger partial charge in [-0.2, -0.15) is 0 Å². The van der Waals surface area contributed by atoms with Gasteiger partial charge in [-0.05, 0) is 35.6 Å². The quantitative estimate of drug-likeness (QED) is 0.866. The lowest BCUT2D eigenvalue weighted by Gasteiger charge is -2.11. The fourth-order valence-electron chi connectivity index (χ4n) is 1.66. The summed E-state index contributed by atoms with van der Waals surface area (Å²) in [7, 11) is 0. The molecule has 0 amide bonds. The number of nitrogens with two attached hydrogens (primary N) is 1. The van der Waals surface area contributed by atoms with Gasteiger partial charge in [-0.1, -0.05) is 18.2 Å². The van der Waals surface area contributed by atoms with E-state index in [0.29, 0.717) is 5.56 Å². The van der Waals surface area contributed by atoms with Gasteiger partial charge in [0.25, 0.3) is 0 Å². The Labute approximate surface area is 98.7 Å². The molecule has 16 heavy (non-hydrogen) atoms. The number of hydrogen-bond donors (Lipinski definition) is 1. The highest BCUT2D eigenvalue weighted by molar-refractivity contribution is 7.09. The predicted octanol–water partition coefficient (Wildman–Crippen LogP) is 3.44. The smallest absolute Gasteiger partial charge is 0.126 e. The van der Waals surface area contributed by atoms with Crippen molar-refractivity contribution in [2.24, 2.45) is 5.73 Å². The lowest BCUT2D eigenvalue weighted by molar-refractivity contribution is 0.615. The van der Waals surface area contributed by atoms with Gasteiger partial charge in [0.2, 0.25) is 0 Å². The summed E-state index contributed by atoms with van der Waals surface area (Å²) in [5.74, 6) is -0.174. The minimum absolute atomic E-state index is 0.0575. The normalized spacial score (nSPS) is 12.7. The Kier molecular flexibility index (Phi) is 3.36. The van der Waals surface area contributed by atoms with Gasteiger partial charge in [0.1, 0.15) is 5.82 Å². The van der Waals surface area contributed by atoms with Crippen LogP contribution in [0.5, 0.6) is 0 Å². The van der Waals surface area contributed by atoms with Crippen LogP contribution in [0.4, 0.5) is 4.39 Å². The van der Waals surface area contributed by atoms with Crippen LogP contribution >= 0.6 is 11.3 Å². The molecule has 0 bridgehead atoms. The lowest BCUT2D eigenvalue weighted by Crippen LogP contribution is -2.13. The van der Waals surface area contributed by atoms with E-state index >= 15 is 0 Å². The minimum atomic E-state index is -0.174. The number of aryl methyl sites for hydroxylation is 1. The van der Waals surface area contributed by atoms with Crippen LogP contribution in [0.3, 0.4) is 0 Å². The molecule has 0 fully saturated rings. The Morgan fingerprint density at radius 3 is 2.81 bits per heavy atom. The van der Waals surface area contributed by atoms with Gasteiger partial charge < -0.3 is 5.73 Å². The van der Waals surface area contributed by atoms with Gasteiger partial charge in [-0.15, -0.1) is 11.3 Å². The molecule has 0 aliphatic heterocycles. The van der Waals surface area contributed by atoms with Crippen LogP contribution in [0.15, 0.2) is 35.7 Å². The number of thiophene rings is 1.